The summed E-state index contributed by atoms with van der Waals surface area (Å²) in [6.45, 7) is 4.13. The SMILES string of the molecule is Cc1ccc(S(=O)(=O)N2CCN(C3CC3)CC2c2ccccc2)s1. The second-order valence-electron chi connectivity index (χ2n) is 6.63. The molecule has 1 aromatic carbocycles. The molecule has 0 bridgehead atoms. The van der Waals surface area contributed by atoms with Gasteiger partial charge in [-0.1, -0.05) is 30.3 Å². The van der Waals surface area contributed by atoms with Crippen molar-refractivity contribution < 1.29 is 8.42 Å². The molecular formula is C18H22N2O2S2. The van der Waals surface area contributed by atoms with E-state index in [4.69, 9.17) is 0 Å². The van der Waals surface area contributed by atoms with Gasteiger partial charge in [0.15, 0.2) is 0 Å². The van der Waals surface area contributed by atoms with Crippen LogP contribution in [-0.2, 0) is 10.0 Å². The highest BCUT2D eigenvalue weighted by molar-refractivity contribution is 7.91. The minimum Gasteiger partial charge on any atom is -0.297 e. The largest absolute Gasteiger partial charge is 0.297 e. The maximum atomic E-state index is 13.2. The Balaban J connectivity index is 1.69. The molecule has 1 aromatic heterocycles. The highest BCUT2D eigenvalue weighted by atomic mass is 32.2. The van der Waals surface area contributed by atoms with Crippen LogP contribution in [0.1, 0.15) is 29.3 Å². The zero-order valence-corrected chi connectivity index (χ0v) is 15.4. The van der Waals surface area contributed by atoms with Crippen molar-refractivity contribution in [3.8, 4) is 0 Å². The Kier molecular flexibility index (Phi) is 4.24. The minimum atomic E-state index is -3.44. The summed E-state index contributed by atoms with van der Waals surface area (Å²) in [5, 5.41) is 0. The van der Waals surface area contributed by atoms with Crippen molar-refractivity contribution in [2.24, 2.45) is 0 Å². The van der Waals surface area contributed by atoms with Crippen LogP contribution in [0, 0.1) is 6.92 Å². The zero-order chi connectivity index (χ0) is 16.7. The van der Waals surface area contributed by atoms with Gasteiger partial charge in [-0.15, -0.1) is 11.3 Å². The maximum Gasteiger partial charge on any atom is 0.253 e. The van der Waals surface area contributed by atoms with Gasteiger partial charge in [-0.2, -0.15) is 4.31 Å². The van der Waals surface area contributed by atoms with E-state index >= 15 is 0 Å². The Morgan fingerprint density at radius 1 is 1.04 bits per heavy atom. The molecule has 0 N–H and O–H groups in total. The Bertz CT molecular complexity index is 813. The molecule has 0 amide bonds. The molecule has 4 rings (SSSR count). The van der Waals surface area contributed by atoms with Gasteiger partial charge in [0.2, 0.25) is 0 Å². The maximum absolute atomic E-state index is 13.2. The molecule has 0 radical (unpaired) electrons. The van der Waals surface area contributed by atoms with E-state index in [2.05, 4.69) is 4.90 Å². The predicted octanol–water partition coefficient (Wildman–Crippen LogP) is 3.27. The van der Waals surface area contributed by atoms with Crippen molar-refractivity contribution in [3.05, 3.63) is 52.9 Å². The monoisotopic (exact) mass is 362 g/mol. The highest BCUT2D eigenvalue weighted by Crippen LogP contribution is 2.37. The lowest BCUT2D eigenvalue weighted by atomic mass is 10.0. The van der Waals surface area contributed by atoms with Crippen LogP contribution in [0.3, 0.4) is 0 Å². The number of sulfonamides is 1. The third-order valence-electron chi connectivity index (χ3n) is 4.89. The summed E-state index contributed by atoms with van der Waals surface area (Å²) in [5.41, 5.74) is 1.08. The molecule has 2 fully saturated rings. The number of benzene rings is 1. The van der Waals surface area contributed by atoms with E-state index in [-0.39, 0.29) is 6.04 Å². The average Bonchev–Trinajstić information content (AvgIpc) is 3.36. The van der Waals surface area contributed by atoms with Gasteiger partial charge in [0, 0.05) is 30.6 Å². The first kappa shape index (κ1) is 16.3. The highest BCUT2D eigenvalue weighted by Gasteiger charge is 2.41. The predicted molar refractivity (Wildman–Crippen MR) is 96.7 cm³/mol. The molecule has 1 aliphatic heterocycles. The van der Waals surface area contributed by atoms with E-state index in [0.717, 1.165) is 23.5 Å². The van der Waals surface area contributed by atoms with Gasteiger partial charge >= 0.3 is 0 Å². The molecule has 1 unspecified atom stereocenters. The summed E-state index contributed by atoms with van der Waals surface area (Å²) in [6.07, 6.45) is 2.50. The molecule has 2 heterocycles. The second kappa shape index (κ2) is 6.26. The van der Waals surface area contributed by atoms with E-state index in [9.17, 15) is 8.42 Å². The summed E-state index contributed by atoms with van der Waals surface area (Å²) in [6, 6.07) is 14.2. The first-order valence-corrected chi connectivity index (χ1v) is 10.7. The van der Waals surface area contributed by atoms with Crippen molar-refractivity contribution >= 4 is 21.4 Å². The quantitative estimate of drug-likeness (QED) is 0.838. The van der Waals surface area contributed by atoms with Gasteiger partial charge in [-0.05, 0) is 37.5 Å². The summed E-state index contributed by atoms with van der Waals surface area (Å²) >= 11 is 1.36. The molecule has 128 valence electrons. The first-order valence-electron chi connectivity index (χ1n) is 8.43. The Hall–Kier alpha value is -1.21. The topological polar surface area (TPSA) is 40.6 Å². The van der Waals surface area contributed by atoms with Crippen molar-refractivity contribution in [1.29, 1.82) is 0 Å². The van der Waals surface area contributed by atoms with E-state index < -0.39 is 10.0 Å². The third-order valence-corrected chi connectivity index (χ3v) is 8.27. The Morgan fingerprint density at radius 2 is 1.79 bits per heavy atom. The number of aryl methyl sites for hydroxylation is 1. The summed E-state index contributed by atoms with van der Waals surface area (Å²) in [4.78, 5) is 3.49. The van der Waals surface area contributed by atoms with Gasteiger partial charge in [0.05, 0.1) is 6.04 Å². The zero-order valence-electron chi connectivity index (χ0n) is 13.8. The minimum absolute atomic E-state index is 0.104. The van der Waals surface area contributed by atoms with Gasteiger partial charge in [-0.3, -0.25) is 4.90 Å². The number of piperazine rings is 1. The molecule has 2 aliphatic rings. The molecule has 0 spiro atoms. The molecule has 24 heavy (non-hydrogen) atoms. The number of thiophene rings is 1. The molecule has 1 aliphatic carbocycles. The lowest BCUT2D eigenvalue weighted by Crippen LogP contribution is -2.51. The van der Waals surface area contributed by atoms with Crippen LogP contribution in [0.25, 0.3) is 0 Å². The van der Waals surface area contributed by atoms with E-state index in [0.29, 0.717) is 16.8 Å². The normalized spacial score (nSPS) is 23.5. The smallest absolute Gasteiger partial charge is 0.253 e. The van der Waals surface area contributed by atoms with Crippen molar-refractivity contribution in [2.45, 2.75) is 36.1 Å². The number of nitrogens with zero attached hydrogens (tertiary/aromatic N) is 2. The van der Waals surface area contributed by atoms with Crippen molar-refractivity contribution in [3.63, 3.8) is 0 Å². The fourth-order valence-electron chi connectivity index (χ4n) is 3.46. The van der Waals surface area contributed by atoms with E-state index in [1.165, 1.54) is 24.2 Å². The van der Waals surface area contributed by atoms with Crippen LogP contribution in [0.4, 0.5) is 0 Å². The molecular weight excluding hydrogens is 340 g/mol. The van der Waals surface area contributed by atoms with Gasteiger partial charge in [0.25, 0.3) is 10.0 Å². The van der Waals surface area contributed by atoms with Gasteiger partial charge < -0.3 is 0 Å². The van der Waals surface area contributed by atoms with Crippen molar-refractivity contribution in [2.75, 3.05) is 19.6 Å². The van der Waals surface area contributed by atoms with Crippen LogP contribution in [0.5, 0.6) is 0 Å². The molecule has 1 saturated heterocycles. The lowest BCUT2D eigenvalue weighted by molar-refractivity contribution is 0.129. The summed E-state index contributed by atoms with van der Waals surface area (Å²) in [7, 11) is -3.44. The van der Waals surface area contributed by atoms with Crippen LogP contribution in [-0.4, -0.2) is 43.3 Å². The Labute approximate surface area is 147 Å². The average molecular weight is 363 g/mol. The lowest BCUT2D eigenvalue weighted by Gasteiger charge is -2.40. The van der Waals surface area contributed by atoms with Crippen LogP contribution in [0.2, 0.25) is 0 Å². The van der Waals surface area contributed by atoms with Crippen LogP contribution < -0.4 is 0 Å². The number of hydrogen-bond acceptors (Lipinski definition) is 4. The third kappa shape index (κ3) is 3.04. The number of rotatable bonds is 4. The first-order chi connectivity index (χ1) is 11.6. The van der Waals surface area contributed by atoms with Gasteiger partial charge in [-0.25, -0.2) is 8.42 Å². The van der Waals surface area contributed by atoms with Gasteiger partial charge in [0.1, 0.15) is 4.21 Å². The van der Waals surface area contributed by atoms with Crippen LogP contribution in [0.15, 0.2) is 46.7 Å². The van der Waals surface area contributed by atoms with Crippen LogP contribution >= 0.6 is 11.3 Å². The van der Waals surface area contributed by atoms with E-state index in [1.54, 1.807) is 10.4 Å². The Morgan fingerprint density at radius 3 is 2.42 bits per heavy atom. The molecule has 4 nitrogen and oxygen atoms in total. The summed E-state index contributed by atoms with van der Waals surface area (Å²) in [5.74, 6) is 0. The van der Waals surface area contributed by atoms with Crippen molar-refractivity contribution in [1.82, 2.24) is 9.21 Å². The standard InChI is InChI=1S/C18H22N2O2S2/c1-14-7-10-18(23-14)24(21,22)20-12-11-19(16-8-9-16)13-17(20)15-5-3-2-4-6-15/h2-7,10,16-17H,8-9,11-13H2,1H3. The fraction of sp³-hybridized carbons (Fsp3) is 0.444. The van der Waals surface area contributed by atoms with E-state index in [1.807, 2.05) is 43.3 Å². The molecule has 1 atom stereocenters. The molecule has 1 saturated carbocycles. The fourth-order valence-corrected chi connectivity index (χ4v) is 6.47. The summed E-state index contributed by atoms with van der Waals surface area (Å²) < 4.78 is 28.6. The number of hydrogen-bond donors (Lipinski definition) is 0. The second-order valence-corrected chi connectivity index (χ2v) is 10.0. The molecule has 6 heteroatoms. The molecule has 2 aromatic rings.